The fraction of sp³-hybridized carbons (Fsp3) is 0.190. The molecule has 3 aromatic rings. The van der Waals surface area contributed by atoms with Crippen LogP contribution < -0.4 is 10.2 Å². The molecule has 7 nitrogen and oxygen atoms in total. The Morgan fingerprint density at radius 3 is 2.57 bits per heavy atom. The first-order valence-corrected chi connectivity index (χ1v) is 8.98. The number of benzene rings is 2. The van der Waals surface area contributed by atoms with Gasteiger partial charge in [0.15, 0.2) is 0 Å². The Labute approximate surface area is 162 Å². The summed E-state index contributed by atoms with van der Waals surface area (Å²) in [6, 6.07) is 16.7. The number of amides is 2. The normalized spacial score (nSPS) is 13.5. The van der Waals surface area contributed by atoms with Crippen LogP contribution in [-0.4, -0.2) is 34.9 Å². The molecule has 1 aliphatic rings. The lowest BCUT2D eigenvalue weighted by Gasteiger charge is -2.13. The van der Waals surface area contributed by atoms with Gasteiger partial charge in [-0.1, -0.05) is 24.3 Å². The third kappa shape index (κ3) is 3.34. The third-order valence-corrected chi connectivity index (χ3v) is 4.74. The number of carbonyl (C=O) groups is 2. The Morgan fingerprint density at radius 2 is 1.89 bits per heavy atom. The molecule has 2 aromatic carbocycles. The van der Waals surface area contributed by atoms with E-state index in [0.29, 0.717) is 30.2 Å². The highest BCUT2D eigenvalue weighted by molar-refractivity contribution is 6.04. The van der Waals surface area contributed by atoms with E-state index in [-0.39, 0.29) is 12.0 Å². The second-order valence-corrected chi connectivity index (χ2v) is 6.62. The largest absolute Gasteiger partial charge is 0.447 e. The molecule has 0 spiro atoms. The van der Waals surface area contributed by atoms with E-state index >= 15 is 0 Å². The molecule has 1 N–H and O–H groups in total. The minimum absolute atomic E-state index is 0.241. The molecule has 1 saturated heterocycles. The van der Waals surface area contributed by atoms with Crippen molar-refractivity contribution in [3.63, 3.8) is 0 Å². The van der Waals surface area contributed by atoms with Crippen molar-refractivity contribution in [2.75, 3.05) is 23.4 Å². The van der Waals surface area contributed by atoms with Crippen LogP contribution in [0.1, 0.15) is 15.9 Å². The lowest BCUT2D eigenvalue weighted by atomic mass is 10.1. The molecule has 0 unspecified atom stereocenters. The molecule has 2 heterocycles. The number of nitrogens with one attached hydrogen (secondary N) is 1. The molecule has 1 fully saturated rings. The fourth-order valence-electron chi connectivity index (χ4n) is 3.19. The third-order valence-electron chi connectivity index (χ3n) is 4.74. The molecule has 1 aromatic heterocycles. The summed E-state index contributed by atoms with van der Waals surface area (Å²) >= 11 is 0. The minimum Gasteiger partial charge on any atom is -0.447 e. The fourth-order valence-corrected chi connectivity index (χ4v) is 3.19. The number of aromatic nitrogens is 2. The number of carbonyl (C=O) groups excluding carboxylic acids is 2. The number of hydrogen-bond donors (Lipinski definition) is 1. The molecular formula is C21H20N4O3. The maximum atomic E-state index is 12.6. The van der Waals surface area contributed by atoms with Gasteiger partial charge < -0.3 is 10.1 Å². The van der Waals surface area contributed by atoms with Crippen molar-refractivity contribution in [3.05, 3.63) is 65.7 Å². The molecule has 4 rings (SSSR count). The van der Waals surface area contributed by atoms with Crippen LogP contribution in [0.25, 0.3) is 11.3 Å². The van der Waals surface area contributed by atoms with E-state index < -0.39 is 0 Å². The van der Waals surface area contributed by atoms with Gasteiger partial charge in [0, 0.05) is 29.9 Å². The van der Waals surface area contributed by atoms with Gasteiger partial charge in [-0.25, -0.2) is 4.79 Å². The molecule has 142 valence electrons. The molecule has 0 aliphatic carbocycles. The van der Waals surface area contributed by atoms with Crippen LogP contribution in [0.4, 0.5) is 16.3 Å². The van der Waals surface area contributed by atoms with Crippen LogP contribution in [0, 0.1) is 6.92 Å². The average Bonchev–Trinajstić information content (AvgIpc) is 3.28. The van der Waals surface area contributed by atoms with Crippen molar-refractivity contribution in [2.24, 2.45) is 7.05 Å². The van der Waals surface area contributed by atoms with Crippen LogP contribution in [0.2, 0.25) is 0 Å². The van der Waals surface area contributed by atoms with Gasteiger partial charge in [0.2, 0.25) is 0 Å². The van der Waals surface area contributed by atoms with Gasteiger partial charge in [0.05, 0.1) is 12.2 Å². The monoisotopic (exact) mass is 376 g/mol. The predicted octanol–water partition coefficient (Wildman–Crippen LogP) is 3.60. The van der Waals surface area contributed by atoms with Gasteiger partial charge in [-0.3, -0.25) is 14.4 Å². The quantitative estimate of drug-likeness (QED) is 0.755. The van der Waals surface area contributed by atoms with Gasteiger partial charge in [-0.2, -0.15) is 5.10 Å². The maximum Gasteiger partial charge on any atom is 0.414 e. The van der Waals surface area contributed by atoms with Crippen LogP contribution in [0.3, 0.4) is 0 Å². The smallest absolute Gasteiger partial charge is 0.414 e. The van der Waals surface area contributed by atoms with E-state index in [4.69, 9.17) is 4.74 Å². The second-order valence-electron chi connectivity index (χ2n) is 6.62. The van der Waals surface area contributed by atoms with Crippen molar-refractivity contribution < 1.29 is 14.3 Å². The van der Waals surface area contributed by atoms with Crippen LogP contribution >= 0.6 is 0 Å². The molecular weight excluding hydrogens is 356 g/mol. The highest BCUT2D eigenvalue weighted by Crippen LogP contribution is 2.25. The Hall–Kier alpha value is -3.61. The summed E-state index contributed by atoms with van der Waals surface area (Å²) in [6.45, 7) is 2.92. The van der Waals surface area contributed by atoms with Crippen molar-refractivity contribution >= 4 is 23.5 Å². The van der Waals surface area contributed by atoms with Gasteiger partial charge in [0.25, 0.3) is 5.91 Å². The lowest BCUT2D eigenvalue weighted by molar-refractivity contribution is 0.102. The Kier molecular flexibility index (Phi) is 4.57. The molecule has 0 radical (unpaired) electrons. The molecule has 7 heteroatoms. The van der Waals surface area contributed by atoms with E-state index in [1.807, 2.05) is 37.3 Å². The van der Waals surface area contributed by atoms with Crippen LogP contribution in [-0.2, 0) is 11.8 Å². The summed E-state index contributed by atoms with van der Waals surface area (Å²) in [4.78, 5) is 25.8. The summed E-state index contributed by atoms with van der Waals surface area (Å²) in [5.41, 5.74) is 4.16. The number of anilines is 2. The van der Waals surface area contributed by atoms with E-state index in [0.717, 1.165) is 16.8 Å². The van der Waals surface area contributed by atoms with Crippen LogP contribution in [0.5, 0.6) is 0 Å². The first-order valence-electron chi connectivity index (χ1n) is 8.98. The predicted molar refractivity (Wildman–Crippen MR) is 106 cm³/mol. The zero-order valence-corrected chi connectivity index (χ0v) is 15.7. The number of cyclic esters (lactones) is 1. The van der Waals surface area contributed by atoms with E-state index in [9.17, 15) is 9.59 Å². The van der Waals surface area contributed by atoms with Gasteiger partial charge >= 0.3 is 6.09 Å². The summed E-state index contributed by atoms with van der Waals surface area (Å²) in [5, 5.41) is 7.40. The zero-order valence-electron chi connectivity index (χ0n) is 15.7. The molecule has 2 amide bonds. The van der Waals surface area contributed by atoms with Crippen molar-refractivity contribution in [2.45, 2.75) is 6.92 Å². The Balaban J connectivity index is 1.51. The van der Waals surface area contributed by atoms with Crippen LogP contribution in [0.15, 0.2) is 54.6 Å². The molecule has 1 aliphatic heterocycles. The SMILES string of the molecule is Cc1ccccc1-c1cc(NC(=O)c2ccc(N3CCOC3=O)cc2)n(C)n1. The van der Waals surface area contributed by atoms with E-state index in [1.54, 1.807) is 36.0 Å². The number of nitrogens with zero attached hydrogens (tertiary/aromatic N) is 3. The van der Waals surface area contributed by atoms with Crippen molar-refractivity contribution in [1.29, 1.82) is 0 Å². The standard InChI is InChI=1S/C21H20N4O3/c1-14-5-3-4-6-17(14)18-13-19(24(2)23-18)22-20(26)15-7-9-16(10-8-15)25-11-12-28-21(25)27/h3-10,13H,11-12H2,1-2H3,(H,22,26). The van der Waals surface area contributed by atoms with E-state index in [2.05, 4.69) is 10.4 Å². The zero-order chi connectivity index (χ0) is 19.7. The first kappa shape index (κ1) is 17.8. The van der Waals surface area contributed by atoms with Crippen molar-refractivity contribution in [3.8, 4) is 11.3 Å². The lowest BCUT2D eigenvalue weighted by Crippen LogP contribution is -2.23. The van der Waals surface area contributed by atoms with Gasteiger partial charge in [-0.15, -0.1) is 0 Å². The summed E-state index contributed by atoms with van der Waals surface area (Å²) in [7, 11) is 1.79. The number of ether oxygens (including phenoxy) is 1. The Morgan fingerprint density at radius 1 is 1.14 bits per heavy atom. The van der Waals surface area contributed by atoms with Gasteiger partial charge in [-0.05, 0) is 36.8 Å². The van der Waals surface area contributed by atoms with E-state index in [1.165, 1.54) is 4.90 Å². The molecule has 0 atom stereocenters. The average molecular weight is 376 g/mol. The van der Waals surface area contributed by atoms with Crippen molar-refractivity contribution in [1.82, 2.24) is 9.78 Å². The topological polar surface area (TPSA) is 76.5 Å². The number of rotatable bonds is 4. The number of aryl methyl sites for hydroxylation is 2. The highest BCUT2D eigenvalue weighted by atomic mass is 16.6. The highest BCUT2D eigenvalue weighted by Gasteiger charge is 2.23. The molecule has 28 heavy (non-hydrogen) atoms. The summed E-state index contributed by atoms with van der Waals surface area (Å²) < 4.78 is 6.58. The Bertz CT molecular complexity index is 1040. The summed E-state index contributed by atoms with van der Waals surface area (Å²) in [5.74, 6) is 0.366. The molecule has 0 bridgehead atoms. The minimum atomic E-state index is -0.365. The number of hydrogen-bond acceptors (Lipinski definition) is 4. The summed E-state index contributed by atoms with van der Waals surface area (Å²) in [6.07, 6.45) is -0.365. The first-order chi connectivity index (χ1) is 13.5. The maximum absolute atomic E-state index is 12.6. The molecule has 0 saturated carbocycles. The van der Waals surface area contributed by atoms with Gasteiger partial charge in [0.1, 0.15) is 12.4 Å². The second kappa shape index (κ2) is 7.19.